The third-order valence-corrected chi connectivity index (χ3v) is 2.55. The summed E-state index contributed by atoms with van der Waals surface area (Å²) in [6.45, 7) is 2.51. The quantitative estimate of drug-likeness (QED) is 0.750. The van der Waals surface area contributed by atoms with E-state index in [1.807, 2.05) is 23.6 Å². The first-order chi connectivity index (χ1) is 8.22. The average Bonchev–Trinajstić information content (AvgIpc) is 2.71. The summed E-state index contributed by atoms with van der Waals surface area (Å²) in [7, 11) is 0. The third kappa shape index (κ3) is 2.40. The van der Waals surface area contributed by atoms with Crippen LogP contribution in [0.3, 0.4) is 0 Å². The molecule has 0 atom stereocenters. The zero-order valence-corrected chi connectivity index (χ0v) is 9.42. The number of aldehydes is 1. The fourth-order valence-corrected chi connectivity index (χ4v) is 1.63. The van der Waals surface area contributed by atoms with Crippen molar-refractivity contribution in [3.8, 4) is 6.07 Å². The van der Waals surface area contributed by atoms with Gasteiger partial charge in [-0.3, -0.25) is 4.79 Å². The van der Waals surface area contributed by atoms with Crippen molar-refractivity contribution in [3.05, 3.63) is 53.1 Å². The highest BCUT2D eigenvalue weighted by atomic mass is 16.1. The predicted molar refractivity (Wildman–Crippen MR) is 62.6 cm³/mol. The van der Waals surface area contributed by atoms with Gasteiger partial charge in [-0.2, -0.15) is 5.26 Å². The number of rotatable bonds is 3. The molecule has 0 unspecified atom stereocenters. The summed E-state index contributed by atoms with van der Waals surface area (Å²) in [6.07, 6.45) is 2.46. The van der Waals surface area contributed by atoms with Crippen molar-refractivity contribution in [2.75, 3.05) is 0 Å². The van der Waals surface area contributed by atoms with Gasteiger partial charge in [-0.25, -0.2) is 4.98 Å². The van der Waals surface area contributed by atoms with Crippen LogP contribution in [0.15, 0.2) is 30.5 Å². The highest BCUT2D eigenvalue weighted by Crippen LogP contribution is 2.08. The largest absolute Gasteiger partial charge is 0.330 e. The summed E-state index contributed by atoms with van der Waals surface area (Å²) >= 11 is 0. The zero-order valence-electron chi connectivity index (χ0n) is 9.42. The second-order valence-corrected chi connectivity index (χ2v) is 3.77. The lowest BCUT2D eigenvalue weighted by molar-refractivity contribution is 0.111. The Bertz CT molecular complexity index is 576. The van der Waals surface area contributed by atoms with Gasteiger partial charge in [0.05, 0.1) is 11.6 Å². The van der Waals surface area contributed by atoms with E-state index in [0.717, 1.165) is 17.7 Å². The van der Waals surface area contributed by atoms with E-state index in [2.05, 4.69) is 11.1 Å². The molecule has 2 rings (SSSR count). The molecule has 0 spiro atoms. The standard InChI is InChI=1S/C13H11N3O/c1-10-15-13(9-17)8-16(10)7-12-4-2-11(6-14)3-5-12/h2-5,8-9H,7H2,1H3. The van der Waals surface area contributed by atoms with Crippen LogP contribution in [0.2, 0.25) is 0 Å². The molecule has 4 heteroatoms. The molecule has 84 valence electrons. The van der Waals surface area contributed by atoms with Crippen LogP contribution in [0.1, 0.15) is 27.4 Å². The summed E-state index contributed by atoms with van der Waals surface area (Å²) in [5, 5.41) is 8.69. The van der Waals surface area contributed by atoms with E-state index in [9.17, 15) is 4.79 Å². The number of nitrogens with zero attached hydrogens (tertiary/aromatic N) is 3. The Morgan fingerprint density at radius 2 is 2.12 bits per heavy atom. The zero-order chi connectivity index (χ0) is 12.3. The number of hydrogen-bond donors (Lipinski definition) is 0. The normalized spacial score (nSPS) is 9.88. The lowest BCUT2D eigenvalue weighted by Gasteiger charge is -2.04. The Balaban J connectivity index is 2.22. The molecular formula is C13H11N3O. The lowest BCUT2D eigenvalue weighted by atomic mass is 10.1. The van der Waals surface area contributed by atoms with Crippen LogP contribution in [-0.2, 0) is 6.54 Å². The summed E-state index contributed by atoms with van der Waals surface area (Å²) in [5.74, 6) is 0.802. The number of carbonyl (C=O) groups excluding carboxylic acids is 1. The highest BCUT2D eigenvalue weighted by Gasteiger charge is 2.03. The van der Waals surface area contributed by atoms with Crippen LogP contribution >= 0.6 is 0 Å². The summed E-state index contributed by atoms with van der Waals surface area (Å²) in [5.41, 5.74) is 2.16. The molecule has 0 N–H and O–H groups in total. The first kappa shape index (κ1) is 11.1. The number of hydrogen-bond acceptors (Lipinski definition) is 3. The molecule has 0 radical (unpaired) electrons. The van der Waals surface area contributed by atoms with E-state index in [1.165, 1.54) is 0 Å². The Kier molecular flexibility index (Phi) is 3.01. The molecule has 0 aliphatic heterocycles. The molecule has 17 heavy (non-hydrogen) atoms. The van der Waals surface area contributed by atoms with Crippen molar-refractivity contribution in [3.63, 3.8) is 0 Å². The first-order valence-corrected chi connectivity index (χ1v) is 5.21. The minimum atomic E-state index is 0.441. The van der Waals surface area contributed by atoms with Crippen molar-refractivity contribution in [2.24, 2.45) is 0 Å². The molecule has 1 aromatic heterocycles. The van der Waals surface area contributed by atoms with Crippen molar-refractivity contribution in [2.45, 2.75) is 13.5 Å². The fourth-order valence-electron chi connectivity index (χ4n) is 1.63. The van der Waals surface area contributed by atoms with E-state index < -0.39 is 0 Å². The van der Waals surface area contributed by atoms with Crippen LogP contribution < -0.4 is 0 Å². The Hall–Kier alpha value is -2.41. The van der Waals surface area contributed by atoms with Gasteiger partial charge >= 0.3 is 0 Å². The van der Waals surface area contributed by atoms with Crippen LogP contribution in [0.25, 0.3) is 0 Å². The van der Waals surface area contributed by atoms with Crippen LogP contribution in [0, 0.1) is 18.3 Å². The van der Waals surface area contributed by atoms with E-state index in [-0.39, 0.29) is 0 Å². The molecule has 1 aromatic carbocycles. The van der Waals surface area contributed by atoms with Crippen LogP contribution in [-0.4, -0.2) is 15.8 Å². The van der Waals surface area contributed by atoms with Crippen molar-refractivity contribution >= 4 is 6.29 Å². The van der Waals surface area contributed by atoms with Gasteiger partial charge < -0.3 is 4.57 Å². The maximum Gasteiger partial charge on any atom is 0.170 e. The molecule has 0 bridgehead atoms. The van der Waals surface area contributed by atoms with Gasteiger partial charge in [-0.05, 0) is 24.6 Å². The molecule has 0 aliphatic rings. The van der Waals surface area contributed by atoms with E-state index in [4.69, 9.17) is 5.26 Å². The number of imidazole rings is 1. The number of nitriles is 1. The lowest BCUT2D eigenvalue weighted by Crippen LogP contribution is -2.00. The summed E-state index contributed by atoms with van der Waals surface area (Å²) in [4.78, 5) is 14.7. The summed E-state index contributed by atoms with van der Waals surface area (Å²) < 4.78 is 1.91. The number of aryl methyl sites for hydroxylation is 1. The number of carbonyl (C=O) groups is 1. The monoisotopic (exact) mass is 225 g/mol. The Morgan fingerprint density at radius 3 is 2.65 bits per heavy atom. The Morgan fingerprint density at radius 1 is 1.41 bits per heavy atom. The topological polar surface area (TPSA) is 58.7 Å². The number of benzene rings is 1. The summed E-state index contributed by atoms with van der Waals surface area (Å²) in [6, 6.07) is 9.44. The van der Waals surface area contributed by atoms with Crippen LogP contribution in [0.5, 0.6) is 0 Å². The average molecular weight is 225 g/mol. The first-order valence-electron chi connectivity index (χ1n) is 5.21. The van der Waals surface area contributed by atoms with Gasteiger partial charge in [0.15, 0.2) is 6.29 Å². The molecule has 0 saturated carbocycles. The van der Waals surface area contributed by atoms with Crippen molar-refractivity contribution in [1.82, 2.24) is 9.55 Å². The molecule has 4 nitrogen and oxygen atoms in total. The van der Waals surface area contributed by atoms with E-state index in [1.54, 1.807) is 18.3 Å². The van der Waals surface area contributed by atoms with Gasteiger partial charge in [-0.1, -0.05) is 12.1 Å². The van der Waals surface area contributed by atoms with Gasteiger partial charge in [0.2, 0.25) is 0 Å². The number of aromatic nitrogens is 2. The fraction of sp³-hybridized carbons (Fsp3) is 0.154. The van der Waals surface area contributed by atoms with E-state index >= 15 is 0 Å². The molecule has 0 saturated heterocycles. The smallest absolute Gasteiger partial charge is 0.170 e. The van der Waals surface area contributed by atoms with Gasteiger partial charge in [0.25, 0.3) is 0 Å². The van der Waals surface area contributed by atoms with Gasteiger partial charge in [-0.15, -0.1) is 0 Å². The predicted octanol–water partition coefficient (Wildman–Crippen LogP) is 1.92. The second kappa shape index (κ2) is 4.62. The maximum absolute atomic E-state index is 10.6. The van der Waals surface area contributed by atoms with Gasteiger partial charge in [0, 0.05) is 12.7 Å². The third-order valence-electron chi connectivity index (χ3n) is 2.55. The minimum Gasteiger partial charge on any atom is -0.330 e. The second-order valence-electron chi connectivity index (χ2n) is 3.77. The molecule has 0 aliphatic carbocycles. The van der Waals surface area contributed by atoms with Gasteiger partial charge in [0.1, 0.15) is 11.5 Å². The Labute approximate surface area is 99.1 Å². The molecular weight excluding hydrogens is 214 g/mol. The molecule has 1 heterocycles. The van der Waals surface area contributed by atoms with E-state index in [0.29, 0.717) is 17.8 Å². The molecule has 0 fully saturated rings. The highest BCUT2D eigenvalue weighted by molar-refractivity contribution is 5.71. The minimum absolute atomic E-state index is 0.441. The SMILES string of the molecule is Cc1nc(C=O)cn1Cc1ccc(C#N)cc1. The maximum atomic E-state index is 10.6. The van der Waals surface area contributed by atoms with Crippen molar-refractivity contribution in [1.29, 1.82) is 5.26 Å². The molecule has 2 aromatic rings. The van der Waals surface area contributed by atoms with Crippen LogP contribution in [0.4, 0.5) is 0 Å². The van der Waals surface area contributed by atoms with Crippen molar-refractivity contribution < 1.29 is 4.79 Å². The molecule has 0 amide bonds.